The van der Waals surface area contributed by atoms with Crippen molar-refractivity contribution < 1.29 is 14.3 Å². The first-order valence-corrected chi connectivity index (χ1v) is 6.71. The van der Waals surface area contributed by atoms with E-state index in [1.165, 1.54) is 0 Å². The van der Waals surface area contributed by atoms with E-state index in [-0.39, 0.29) is 17.8 Å². The third-order valence-electron chi connectivity index (χ3n) is 3.50. The van der Waals surface area contributed by atoms with Gasteiger partial charge in [0, 0.05) is 19.1 Å². The van der Waals surface area contributed by atoms with E-state index in [0.717, 1.165) is 24.8 Å². The van der Waals surface area contributed by atoms with Gasteiger partial charge in [-0.25, -0.2) is 4.68 Å². The molecule has 2 atom stereocenters. The van der Waals surface area contributed by atoms with Gasteiger partial charge in [-0.1, -0.05) is 0 Å². The van der Waals surface area contributed by atoms with Gasteiger partial charge in [-0.05, 0) is 13.3 Å². The second kappa shape index (κ2) is 5.16. The van der Waals surface area contributed by atoms with Gasteiger partial charge in [0.25, 0.3) is 0 Å². The van der Waals surface area contributed by atoms with Crippen LogP contribution in [0.2, 0.25) is 0 Å². The van der Waals surface area contributed by atoms with Crippen LogP contribution in [-0.4, -0.2) is 47.1 Å². The molecule has 1 saturated heterocycles. The summed E-state index contributed by atoms with van der Waals surface area (Å²) < 4.78 is 12.2. The molecular weight excluding hydrogens is 248 g/mol. The number of fused-ring (bicyclic) bond motifs is 1. The van der Waals surface area contributed by atoms with Gasteiger partial charge in [0.15, 0.2) is 5.82 Å². The molecule has 19 heavy (non-hydrogen) atoms. The third-order valence-corrected chi connectivity index (χ3v) is 3.50. The van der Waals surface area contributed by atoms with Gasteiger partial charge in [-0.15, -0.1) is 0 Å². The van der Waals surface area contributed by atoms with Crippen LogP contribution in [0.3, 0.4) is 0 Å². The molecule has 2 aliphatic rings. The molecule has 1 N–H and O–H groups in total. The van der Waals surface area contributed by atoms with E-state index >= 15 is 0 Å². The predicted molar refractivity (Wildman–Crippen MR) is 66.8 cm³/mol. The Bertz CT molecular complexity index is 468. The summed E-state index contributed by atoms with van der Waals surface area (Å²) in [4.78, 5) is 16.2. The van der Waals surface area contributed by atoms with Gasteiger partial charge in [-0.3, -0.25) is 4.79 Å². The Morgan fingerprint density at radius 2 is 2.53 bits per heavy atom. The van der Waals surface area contributed by atoms with E-state index < -0.39 is 0 Å². The van der Waals surface area contributed by atoms with Crippen LogP contribution in [0.25, 0.3) is 0 Å². The second-order valence-electron chi connectivity index (χ2n) is 4.87. The molecule has 0 saturated carbocycles. The number of hydrogen-bond acceptors (Lipinski definition) is 6. The Kier molecular flexibility index (Phi) is 3.37. The van der Waals surface area contributed by atoms with Crippen molar-refractivity contribution in [2.24, 2.45) is 5.92 Å². The van der Waals surface area contributed by atoms with Crippen LogP contribution in [-0.2, 0) is 20.8 Å². The molecule has 1 aromatic heterocycles. The standard InChI is InChI=1S/C12H18N4O3/c1-2-19-11(17)9-5-13-12-14-10(15-16(12)6-9)8-3-4-18-7-8/h8-9H,2-7H2,1H3,(H,13,14,15). The number of carbonyl (C=O) groups is 1. The number of rotatable bonds is 3. The number of anilines is 1. The second-order valence-corrected chi connectivity index (χ2v) is 4.87. The molecule has 0 amide bonds. The minimum absolute atomic E-state index is 0.179. The first-order valence-electron chi connectivity index (χ1n) is 6.71. The Morgan fingerprint density at radius 1 is 1.63 bits per heavy atom. The van der Waals surface area contributed by atoms with Crippen LogP contribution in [0.1, 0.15) is 25.1 Å². The van der Waals surface area contributed by atoms with Gasteiger partial charge < -0.3 is 14.8 Å². The molecule has 1 fully saturated rings. The summed E-state index contributed by atoms with van der Waals surface area (Å²) in [5.41, 5.74) is 0. The van der Waals surface area contributed by atoms with Crippen LogP contribution in [0, 0.1) is 5.92 Å². The Labute approximate surface area is 111 Å². The van der Waals surface area contributed by atoms with Crippen LogP contribution in [0.4, 0.5) is 5.95 Å². The summed E-state index contributed by atoms with van der Waals surface area (Å²) in [7, 11) is 0. The van der Waals surface area contributed by atoms with Gasteiger partial charge in [0.2, 0.25) is 5.95 Å². The molecule has 7 nitrogen and oxygen atoms in total. The SMILES string of the molecule is CCOC(=O)C1CNc2nc(C3CCOC3)nn2C1. The van der Waals surface area contributed by atoms with Gasteiger partial charge in [-0.2, -0.15) is 10.1 Å². The largest absolute Gasteiger partial charge is 0.466 e. The smallest absolute Gasteiger partial charge is 0.312 e. The van der Waals surface area contributed by atoms with E-state index in [2.05, 4.69) is 15.4 Å². The molecular formula is C12H18N4O3. The molecule has 0 spiro atoms. The van der Waals surface area contributed by atoms with Crippen LogP contribution < -0.4 is 5.32 Å². The maximum absolute atomic E-state index is 11.7. The van der Waals surface area contributed by atoms with E-state index in [1.807, 2.05) is 6.92 Å². The molecule has 1 aromatic rings. The van der Waals surface area contributed by atoms with Crippen LogP contribution in [0.15, 0.2) is 0 Å². The van der Waals surface area contributed by atoms with Crippen molar-refractivity contribution in [3.05, 3.63) is 5.82 Å². The molecule has 0 aliphatic carbocycles. The van der Waals surface area contributed by atoms with Crippen molar-refractivity contribution in [3.63, 3.8) is 0 Å². The Balaban J connectivity index is 1.72. The maximum Gasteiger partial charge on any atom is 0.312 e. The van der Waals surface area contributed by atoms with Crippen molar-refractivity contribution in [1.82, 2.24) is 14.8 Å². The number of carbonyl (C=O) groups excluding carboxylic acids is 1. The molecule has 3 rings (SSSR count). The molecule has 3 heterocycles. The summed E-state index contributed by atoms with van der Waals surface area (Å²) in [5, 5.41) is 7.62. The highest BCUT2D eigenvalue weighted by Gasteiger charge is 2.30. The lowest BCUT2D eigenvalue weighted by atomic mass is 10.1. The summed E-state index contributed by atoms with van der Waals surface area (Å²) in [6.07, 6.45) is 0.963. The fourth-order valence-electron chi connectivity index (χ4n) is 2.43. The number of nitrogens with zero attached hydrogens (tertiary/aromatic N) is 3. The number of esters is 1. The monoisotopic (exact) mass is 266 g/mol. The number of nitrogens with one attached hydrogen (secondary N) is 1. The maximum atomic E-state index is 11.7. The predicted octanol–water partition coefficient (Wildman–Crippen LogP) is 0.387. The Morgan fingerprint density at radius 3 is 3.26 bits per heavy atom. The molecule has 2 unspecified atom stereocenters. The summed E-state index contributed by atoms with van der Waals surface area (Å²) in [5.74, 6) is 1.46. The summed E-state index contributed by atoms with van der Waals surface area (Å²) in [6, 6.07) is 0. The zero-order chi connectivity index (χ0) is 13.2. The fourth-order valence-corrected chi connectivity index (χ4v) is 2.43. The zero-order valence-electron chi connectivity index (χ0n) is 11.0. The first-order chi connectivity index (χ1) is 9.28. The summed E-state index contributed by atoms with van der Waals surface area (Å²) >= 11 is 0. The van der Waals surface area contributed by atoms with Gasteiger partial charge in [0.05, 0.1) is 25.7 Å². The topological polar surface area (TPSA) is 78.3 Å². The molecule has 104 valence electrons. The van der Waals surface area contributed by atoms with Crippen molar-refractivity contribution in [2.75, 3.05) is 31.7 Å². The average molecular weight is 266 g/mol. The van der Waals surface area contributed by atoms with Crippen molar-refractivity contribution >= 4 is 11.9 Å². The molecule has 0 bridgehead atoms. The van der Waals surface area contributed by atoms with Crippen LogP contribution in [0.5, 0.6) is 0 Å². The molecule has 0 radical (unpaired) electrons. The summed E-state index contributed by atoms with van der Waals surface area (Å²) in [6.45, 7) is 4.76. The van der Waals surface area contributed by atoms with Gasteiger partial charge >= 0.3 is 5.97 Å². The highest BCUT2D eigenvalue weighted by atomic mass is 16.5. The third kappa shape index (κ3) is 2.42. The van der Waals surface area contributed by atoms with Crippen molar-refractivity contribution in [2.45, 2.75) is 25.8 Å². The van der Waals surface area contributed by atoms with E-state index in [4.69, 9.17) is 9.47 Å². The number of hydrogen-bond donors (Lipinski definition) is 1. The normalized spacial score (nSPS) is 25.7. The van der Waals surface area contributed by atoms with Crippen molar-refractivity contribution in [1.29, 1.82) is 0 Å². The Hall–Kier alpha value is -1.63. The minimum atomic E-state index is -0.193. The van der Waals surface area contributed by atoms with E-state index in [0.29, 0.717) is 26.3 Å². The number of aromatic nitrogens is 3. The first kappa shape index (κ1) is 12.4. The number of ether oxygens (including phenoxy) is 2. The average Bonchev–Trinajstić information content (AvgIpc) is 3.07. The highest BCUT2D eigenvalue weighted by molar-refractivity contribution is 5.73. The lowest BCUT2D eigenvalue weighted by Crippen LogP contribution is -2.34. The van der Waals surface area contributed by atoms with E-state index in [1.54, 1.807) is 4.68 Å². The zero-order valence-corrected chi connectivity index (χ0v) is 11.0. The highest BCUT2D eigenvalue weighted by Crippen LogP contribution is 2.25. The lowest BCUT2D eigenvalue weighted by molar-refractivity contribution is -0.148. The quantitative estimate of drug-likeness (QED) is 0.797. The lowest BCUT2D eigenvalue weighted by Gasteiger charge is -2.21. The molecule has 7 heteroatoms. The van der Waals surface area contributed by atoms with Gasteiger partial charge in [0.1, 0.15) is 0 Å². The molecule has 0 aromatic carbocycles. The van der Waals surface area contributed by atoms with Crippen molar-refractivity contribution in [3.8, 4) is 0 Å². The van der Waals surface area contributed by atoms with Crippen LogP contribution >= 0.6 is 0 Å². The fraction of sp³-hybridized carbons (Fsp3) is 0.750. The minimum Gasteiger partial charge on any atom is -0.466 e. The van der Waals surface area contributed by atoms with E-state index in [9.17, 15) is 4.79 Å². The molecule has 2 aliphatic heterocycles.